The van der Waals surface area contributed by atoms with Crippen LogP contribution in [0.15, 0.2) is 18.2 Å². The van der Waals surface area contributed by atoms with Gasteiger partial charge in [0.2, 0.25) is 0 Å². The van der Waals surface area contributed by atoms with Gasteiger partial charge >= 0.3 is 6.18 Å². The lowest BCUT2D eigenvalue weighted by Crippen LogP contribution is -2.22. The fourth-order valence-corrected chi connectivity index (χ4v) is 2.33. The van der Waals surface area contributed by atoms with Gasteiger partial charge in [-0.1, -0.05) is 6.07 Å². The van der Waals surface area contributed by atoms with Crippen LogP contribution < -0.4 is 10.1 Å². The number of hydrogen-bond donors (Lipinski definition) is 1. The first kappa shape index (κ1) is 13.2. The fraction of sp³-hybridized carbons (Fsp3) is 0.538. The zero-order valence-corrected chi connectivity index (χ0v) is 10.2. The normalized spacial score (nSPS) is 19.4. The SMILES string of the molecule is CNC1CCCc2ccc(OCC(F)(F)F)cc21. The number of aryl methyl sites for hydroxylation is 1. The van der Waals surface area contributed by atoms with E-state index < -0.39 is 12.8 Å². The molecular formula is C13H16F3NO. The van der Waals surface area contributed by atoms with E-state index in [0.29, 0.717) is 0 Å². The Kier molecular flexibility index (Phi) is 3.80. The van der Waals surface area contributed by atoms with Gasteiger partial charge in [-0.2, -0.15) is 13.2 Å². The minimum Gasteiger partial charge on any atom is -0.484 e. The summed E-state index contributed by atoms with van der Waals surface area (Å²) in [6, 6.07) is 5.41. The summed E-state index contributed by atoms with van der Waals surface area (Å²) in [6.45, 7) is -1.24. The van der Waals surface area contributed by atoms with E-state index in [9.17, 15) is 13.2 Å². The molecule has 0 spiro atoms. The van der Waals surface area contributed by atoms with Crippen molar-refractivity contribution in [3.05, 3.63) is 29.3 Å². The molecular weight excluding hydrogens is 243 g/mol. The number of fused-ring (bicyclic) bond motifs is 1. The van der Waals surface area contributed by atoms with Gasteiger partial charge in [0, 0.05) is 6.04 Å². The van der Waals surface area contributed by atoms with E-state index in [2.05, 4.69) is 5.32 Å². The van der Waals surface area contributed by atoms with Crippen LogP contribution in [0.5, 0.6) is 5.75 Å². The largest absolute Gasteiger partial charge is 0.484 e. The first-order valence-corrected chi connectivity index (χ1v) is 5.99. The summed E-state index contributed by atoms with van der Waals surface area (Å²) < 4.78 is 41.0. The number of hydrogen-bond acceptors (Lipinski definition) is 2. The van der Waals surface area contributed by atoms with Crippen LogP contribution in [0, 0.1) is 0 Å². The Hall–Kier alpha value is -1.23. The van der Waals surface area contributed by atoms with E-state index in [1.54, 1.807) is 12.1 Å². The van der Waals surface area contributed by atoms with Gasteiger partial charge in [0.15, 0.2) is 6.61 Å². The molecule has 0 bridgehead atoms. The van der Waals surface area contributed by atoms with Gasteiger partial charge in [-0.05, 0) is 49.6 Å². The summed E-state index contributed by atoms with van der Waals surface area (Å²) >= 11 is 0. The molecule has 0 aliphatic heterocycles. The van der Waals surface area contributed by atoms with Gasteiger partial charge in [0.25, 0.3) is 0 Å². The standard InChI is InChI=1S/C13H16F3NO/c1-17-12-4-2-3-9-5-6-10(7-11(9)12)18-8-13(14,15)16/h5-7,12,17H,2-4,8H2,1H3. The highest BCUT2D eigenvalue weighted by atomic mass is 19.4. The van der Waals surface area contributed by atoms with Gasteiger partial charge in [-0.15, -0.1) is 0 Å². The number of ether oxygens (including phenoxy) is 1. The zero-order valence-electron chi connectivity index (χ0n) is 10.2. The van der Waals surface area contributed by atoms with Crippen molar-refractivity contribution in [3.63, 3.8) is 0 Å². The lowest BCUT2D eigenvalue weighted by Gasteiger charge is -2.25. The van der Waals surface area contributed by atoms with E-state index in [1.807, 2.05) is 13.1 Å². The minimum absolute atomic E-state index is 0.211. The number of nitrogens with one attached hydrogen (secondary N) is 1. The van der Waals surface area contributed by atoms with Crippen LogP contribution in [-0.4, -0.2) is 19.8 Å². The maximum Gasteiger partial charge on any atom is 0.422 e. The van der Waals surface area contributed by atoms with Gasteiger partial charge < -0.3 is 10.1 Å². The van der Waals surface area contributed by atoms with Crippen LogP contribution in [0.25, 0.3) is 0 Å². The van der Waals surface area contributed by atoms with Crippen molar-refractivity contribution >= 4 is 0 Å². The third-order valence-corrected chi connectivity index (χ3v) is 3.18. The number of halogens is 3. The van der Waals surface area contributed by atoms with Crippen LogP contribution in [0.4, 0.5) is 13.2 Å². The second kappa shape index (κ2) is 5.18. The maximum absolute atomic E-state index is 12.1. The molecule has 1 unspecified atom stereocenters. The summed E-state index contributed by atoms with van der Waals surface area (Å²) in [5.74, 6) is 0.285. The molecule has 2 rings (SSSR count). The van der Waals surface area contributed by atoms with Crippen LogP contribution in [0.1, 0.15) is 30.0 Å². The molecule has 0 amide bonds. The third kappa shape index (κ3) is 3.16. The summed E-state index contributed by atoms with van der Waals surface area (Å²) in [4.78, 5) is 0. The Morgan fingerprint density at radius 2 is 2.17 bits per heavy atom. The number of rotatable bonds is 3. The van der Waals surface area contributed by atoms with Crippen molar-refractivity contribution < 1.29 is 17.9 Å². The Labute approximate surface area is 104 Å². The second-order valence-corrected chi connectivity index (χ2v) is 4.50. The van der Waals surface area contributed by atoms with Crippen LogP contribution in [0.3, 0.4) is 0 Å². The van der Waals surface area contributed by atoms with Crippen LogP contribution in [0.2, 0.25) is 0 Å². The van der Waals surface area contributed by atoms with Gasteiger partial charge in [0.1, 0.15) is 5.75 Å². The average molecular weight is 259 g/mol. The molecule has 0 aromatic heterocycles. The molecule has 0 heterocycles. The summed E-state index contributed by atoms with van der Waals surface area (Å²) in [7, 11) is 1.86. The molecule has 0 radical (unpaired) electrons. The quantitative estimate of drug-likeness (QED) is 0.899. The Bertz CT molecular complexity index is 417. The molecule has 0 saturated carbocycles. The highest BCUT2D eigenvalue weighted by Crippen LogP contribution is 2.32. The average Bonchev–Trinajstić information content (AvgIpc) is 2.34. The molecule has 1 aromatic carbocycles. The van der Waals surface area contributed by atoms with Crippen molar-refractivity contribution in [2.45, 2.75) is 31.5 Å². The van der Waals surface area contributed by atoms with Crippen molar-refractivity contribution in [2.24, 2.45) is 0 Å². The predicted octanol–water partition coefficient (Wildman–Crippen LogP) is 3.22. The van der Waals surface area contributed by atoms with E-state index in [4.69, 9.17) is 4.74 Å². The molecule has 5 heteroatoms. The molecule has 1 aliphatic rings. The maximum atomic E-state index is 12.1. The van der Waals surface area contributed by atoms with E-state index >= 15 is 0 Å². The first-order chi connectivity index (χ1) is 8.49. The van der Waals surface area contributed by atoms with Crippen molar-refractivity contribution in [1.82, 2.24) is 5.32 Å². The van der Waals surface area contributed by atoms with Crippen LogP contribution in [-0.2, 0) is 6.42 Å². The van der Waals surface area contributed by atoms with E-state index in [0.717, 1.165) is 24.8 Å². The van der Waals surface area contributed by atoms with Crippen LogP contribution >= 0.6 is 0 Å². The molecule has 18 heavy (non-hydrogen) atoms. The Balaban J connectivity index is 2.15. The van der Waals surface area contributed by atoms with E-state index in [-0.39, 0.29) is 11.8 Å². The highest BCUT2D eigenvalue weighted by molar-refractivity contribution is 5.39. The molecule has 0 fully saturated rings. The molecule has 1 atom stereocenters. The molecule has 100 valence electrons. The van der Waals surface area contributed by atoms with E-state index in [1.165, 1.54) is 5.56 Å². The molecule has 1 aliphatic carbocycles. The molecule has 2 nitrogen and oxygen atoms in total. The predicted molar refractivity (Wildman–Crippen MR) is 62.7 cm³/mol. The van der Waals surface area contributed by atoms with Gasteiger partial charge in [0.05, 0.1) is 0 Å². The topological polar surface area (TPSA) is 21.3 Å². The van der Waals surface area contributed by atoms with Gasteiger partial charge in [-0.3, -0.25) is 0 Å². The summed E-state index contributed by atoms with van der Waals surface area (Å²) in [5.41, 5.74) is 2.25. The van der Waals surface area contributed by atoms with Crippen molar-refractivity contribution in [1.29, 1.82) is 0 Å². The molecule has 1 aromatic rings. The summed E-state index contributed by atoms with van der Waals surface area (Å²) in [5, 5.41) is 3.18. The Morgan fingerprint density at radius 1 is 1.39 bits per heavy atom. The molecule has 0 saturated heterocycles. The minimum atomic E-state index is -4.29. The van der Waals surface area contributed by atoms with Crippen molar-refractivity contribution in [3.8, 4) is 5.75 Å². The number of benzene rings is 1. The monoisotopic (exact) mass is 259 g/mol. The zero-order chi connectivity index (χ0) is 13.2. The number of alkyl halides is 3. The van der Waals surface area contributed by atoms with Crippen molar-refractivity contribution in [2.75, 3.05) is 13.7 Å². The third-order valence-electron chi connectivity index (χ3n) is 3.18. The lowest BCUT2D eigenvalue weighted by atomic mass is 9.87. The van der Waals surface area contributed by atoms with Gasteiger partial charge in [-0.25, -0.2) is 0 Å². The highest BCUT2D eigenvalue weighted by Gasteiger charge is 2.28. The lowest BCUT2D eigenvalue weighted by molar-refractivity contribution is -0.153. The first-order valence-electron chi connectivity index (χ1n) is 5.99. The second-order valence-electron chi connectivity index (χ2n) is 4.50. The fourth-order valence-electron chi connectivity index (χ4n) is 2.33. The smallest absolute Gasteiger partial charge is 0.422 e. The Morgan fingerprint density at radius 3 is 2.83 bits per heavy atom. The summed E-state index contributed by atoms with van der Waals surface area (Å²) in [6.07, 6.45) is -1.21. The molecule has 1 N–H and O–H groups in total.